The first-order chi connectivity index (χ1) is 8.81. The average Bonchev–Trinajstić information content (AvgIpc) is 2.31. The van der Waals surface area contributed by atoms with Crippen LogP contribution in [0.25, 0.3) is 0 Å². The number of aliphatic carboxylic acids is 1. The van der Waals surface area contributed by atoms with Gasteiger partial charge in [-0.2, -0.15) is 8.78 Å². The summed E-state index contributed by atoms with van der Waals surface area (Å²) in [6.07, 6.45) is 0. The lowest BCUT2D eigenvalue weighted by Crippen LogP contribution is -2.26. The van der Waals surface area contributed by atoms with Crippen LogP contribution in [0.15, 0.2) is 18.2 Å². The van der Waals surface area contributed by atoms with Gasteiger partial charge in [0.2, 0.25) is 5.91 Å². The summed E-state index contributed by atoms with van der Waals surface area (Å²) in [5.41, 5.74) is 0.185. The number of carbonyl (C=O) groups excluding carboxylic acids is 1. The van der Waals surface area contributed by atoms with Gasteiger partial charge in [-0.3, -0.25) is 9.59 Å². The Hall–Kier alpha value is -1.89. The molecule has 104 valence electrons. The molecular formula is C11H10ClF2NO4. The molecule has 1 aromatic rings. The van der Waals surface area contributed by atoms with Crippen LogP contribution in [0.1, 0.15) is 6.92 Å². The molecule has 0 aromatic heterocycles. The van der Waals surface area contributed by atoms with Gasteiger partial charge in [-0.15, -0.1) is 0 Å². The largest absolute Gasteiger partial charge is 0.481 e. The molecule has 0 spiro atoms. The first kappa shape index (κ1) is 15.2. The molecule has 8 heteroatoms. The number of carboxylic acid groups (broad SMARTS) is 1. The third-order valence-corrected chi connectivity index (χ3v) is 2.47. The van der Waals surface area contributed by atoms with Crippen LogP contribution in [0.2, 0.25) is 5.02 Å². The Morgan fingerprint density at radius 1 is 1.42 bits per heavy atom. The second-order valence-electron chi connectivity index (χ2n) is 3.57. The molecule has 1 rings (SSSR count). The Bertz CT molecular complexity index is 496. The third-order valence-electron chi connectivity index (χ3n) is 2.18. The van der Waals surface area contributed by atoms with Crippen molar-refractivity contribution in [3.63, 3.8) is 0 Å². The zero-order chi connectivity index (χ0) is 14.6. The number of nitrogens with one attached hydrogen (secondary N) is 1. The minimum atomic E-state index is -3.01. The number of rotatable bonds is 5. The van der Waals surface area contributed by atoms with Crippen molar-refractivity contribution in [2.24, 2.45) is 5.92 Å². The molecule has 1 aromatic carbocycles. The van der Waals surface area contributed by atoms with Gasteiger partial charge in [-0.25, -0.2) is 0 Å². The van der Waals surface area contributed by atoms with Crippen LogP contribution < -0.4 is 10.1 Å². The Kier molecular flexibility index (Phi) is 5.05. The van der Waals surface area contributed by atoms with E-state index in [9.17, 15) is 18.4 Å². The number of hydrogen-bond donors (Lipinski definition) is 2. The number of amides is 1. The number of benzene rings is 1. The first-order valence-electron chi connectivity index (χ1n) is 5.09. The maximum Gasteiger partial charge on any atom is 0.387 e. The Labute approximate surface area is 112 Å². The van der Waals surface area contributed by atoms with E-state index in [-0.39, 0.29) is 16.5 Å². The van der Waals surface area contributed by atoms with Crippen LogP contribution in [0.3, 0.4) is 0 Å². The van der Waals surface area contributed by atoms with Gasteiger partial charge in [0.05, 0.1) is 5.02 Å². The number of alkyl halides is 2. The van der Waals surface area contributed by atoms with Gasteiger partial charge in [-0.05, 0) is 25.1 Å². The second-order valence-corrected chi connectivity index (χ2v) is 3.98. The normalized spacial score (nSPS) is 12.1. The van der Waals surface area contributed by atoms with Gasteiger partial charge in [0.25, 0.3) is 0 Å². The zero-order valence-electron chi connectivity index (χ0n) is 9.69. The summed E-state index contributed by atoms with van der Waals surface area (Å²) in [5, 5.41) is 10.8. The highest BCUT2D eigenvalue weighted by atomic mass is 35.5. The molecule has 1 atom stereocenters. The molecule has 0 saturated carbocycles. The van der Waals surface area contributed by atoms with Crippen molar-refractivity contribution >= 4 is 29.2 Å². The summed E-state index contributed by atoms with van der Waals surface area (Å²) < 4.78 is 28.1. The highest BCUT2D eigenvalue weighted by Gasteiger charge is 2.20. The molecule has 2 N–H and O–H groups in total. The van der Waals surface area contributed by atoms with Crippen LogP contribution in [-0.4, -0.2) is 23.6 Å². The summed E-state index contributed by atoms with van der Waals surface area (Å²) in [5.74, 6) is -3.50. The lowest BCUT2D eigenvalue weighted by atomic mass is 10.1. The summed E-state index contributed by atoms with van der Waals surface area (Å²) in [4.78, 5) is 22.0. The van der Waals surface area contributed by atoms with Crippen molar-refractivity contribution < 1.29 is 28.2 Å². The Morgan fingerprint density at radius 2 is 2.05 bits per heavy atom. The van der Waals surface area contributed by atoms with E-state index in [1.807, 2.05) is 0 Å². The predicted molar refractivity (Wildman–Crippen MR) is 63.5 cm³/mol. The minimum absolute atomic E-state index is 0.124. The van der Waals surface area contributed by atoms with Crippen LogP contribution in [-0.2, 0) is 9.59 Å². The Morgan fingerprint density at radius 3 is 2.53 bits per heavy atom. The molecule has 1 amide bonds. The SMILES string of the molecule is CC(C(=O)O)C(=O)Nc1ccc(OC(F)F)c(Cl)c1. The molecule has 5 nitrogen and oxygen atoms in total. The number of halogens is 3. The number of anilines is 1. The summed E-state index contributed by atoms with van der Waals surface area (Å²) >= 11 is 5.67. The van der Waals surface area contributed by atoms with Gasteiger partial charge >= 0.3 is 12.6 Å². The predicted octanol–water partition coefficient (Wildman–Crippen LogP) is 2.60. The van der Waals surface area contributed by atoms with Gasteiger partial charge in [0, 0.05) is 5.69 Å². The van der Waals surface area contributed by atoms with Crippen molar-refractivity contribution in [2.75, 3.05) is 5.32 Å². The first-order valence-corrected chi connectivity index (χ1v) is 5.47. The fourth-order valence-electron chi connectivity index (χ4n) is 1.13. The van der Waals surface area contributed by atoms with Gasteiger partial charge < -0.3 is 15.2 Å². The molecular weight excluding hydrogens is 284 g/mol. The fourth-order valence-corrected chi connectivity index (χ4v) is 1.36. The van der Waals surface area contributed by atoms with Crippen molar-refractivity contribution in [2.45, 2.75) is 13.5 Å². The molecule has 0 aliphatic carbocycles. The summed E-state index contributed by atoms with van der Waals surface area (Å²) in [7, 11) is 0. The van der Waals surface area contributed by atoms with E-state index in [0.29, 0.717) is 0 Å². The topological polar surface area (TPSA) is 75.6 Å². The number of hydrogen-bond acceptors (Lipinski definition) is 3. The van der Waals surface area contributed by atoms with E-state index in [4.69, 9.17) is 16.7 Å². The molecule has 0 heterocycles. The lowest BCUT2D eigenvalue weighted by Gasteiger charge is -2.11. The van der Waals surface area contributed by atoms with Crippen molar-refractivity contribution in [1.29, 1.82) is 0 Å². The smallest absolute Gasteiger partial charge is 0.387 e. The molecule has 0 saturated heterocycles. The molecule has 0 aliphatic heterocycles. The van der Waals surface area contributed by atoms with Crippen LogP contribution in [0.4, 0.5) is 14.5 Å². The lowest BCUT2D eigenvalue weighted by molar-refractivity contribution is -0.144. The van der Waals surface area contributed by atoms with E-state index in [1.54, 1.807) is 0 Å². The molecule has 0 aliphatic rings. The molecule has 1 unspecified atom stereocenters. The van der Waals surface area contributed by atoms with E-state index >= 15 is 0 Å². The van der Waals surface area contributed by atoms with Crippen LogP contribution in [0.5, 0.6) is 5.75 Å². The van der Waals surface area contributed by atoms with Crippen molar-refractivity contribution in [3.8, 4) is 5.75 Å². The van der Waals surface area contributed by atoms with Crippen molar-refractivity contribution in [1.82, 2.24) is 0 Å². The quantitative estimate of drug-likeness (QED) is 0.818. The maximum absolute atomic E-state index is 12.0. The molecule has 0 radical (unpaired) electrons. The van der Waals surface area contributed by atoms with Crippen LogP contribution in [0, 0.1) is 5.92 Å². The molecule has 19 heavy (non-hydrogen) atoms. The number of carbonyl (C=O) groups is 2. The maximum atomic E-state index is 12.0. The standard InChI is InChI=1S/C11H10ClF2NO4/c1-5(10(17)18)9(16)15-6-2-3-8(7(12)4-6)19-11(13)14/h2-5,11H,1H3,(H,15,16)(H,17,18). The van der Waals surface area contributed by atoms with E-state index in [1.165, 1.54) is 19.1 Å². The average molecular weight is 294 g/mol. The third kappa shape index (κ3) is 4.36. The van der Waals surface area contributed by atoms with E-state index in [2.05, 4.69) is 10.1 Å². The summed E-state index contributed by atoms with van der Waals surface area (Å²) in [6, 6.07) is 3.61. The number of ether oxygens (including phenoxy) is 1. The highest BCUT2D eigenvalue weighted by molar-refractivity contribution is 6.32. The van der Waals surface area contributed by atoms with Gasteiger partial charge in [0.15, 0.2) is 0 Å². The zero-order valence-corrected chi connectivity index (χ0v) is 10.4. The molecule has 0 fully saturated rings. The second kappa shape index (κ2) is 6.33. The number of carboxylic acids is 1. The van der Waals surface area contributed by atoms with Gasteiger partial charge in [0.1, 0.15) is 11.7 Å². The van der Waals surface area contributed by atoms with Crippen LogP contribution >= 0.6 is 11.6 Å². The highest BCUT2D eigenvalue weighted by Crippen LogP contribution is 2.29. The van der Waals surface area contributed by atoms with E-state index in [0.717, 1.165) is 6.07 Å². The summed E-state index contributed by atoms with van der Waals surface area (Å²) in [6.45, 7) is -1.79. The Balaban J connectivity index is 2.79. The molecule has 0 bridgehead atoms. The monoisotopic (exact) mass is 293 g/mol. The minimum Gasteiger partial charge on any atom is -0.481 e. The van der Waals surface area contributed by atoms with Crippen molar-refractivity contribution in [3.05, 3.63) is 23.2 Å². The fraction of sp³-hybridized carbons (Fsp3) is 0.273. The van der Waals surface area contributed by atoms with Gasteiger partial charge in [-0.1, -0.05) is 11.6 Å². The van der Waals surface area contributed by atoms with E-state index < -0.39 is 24.4 Å².